The lowest BCUT2D eigenvalue weighted by Crippen LogP contribution is -2.14. The lowest BCUT2D eigenvalue weighted by molar-refractivity contribution is -0.112. The number of benzene rings is 2. The Morgan fingerprint density at radius 3 is 2.64 bits per heavy atom. The fraction of sp³-hybridized carbons (Fsp3) is 0.0909. The first-order valence-electron chi connectivity index (χ1n) is 8.61. The molecule has 0 spiro atoms. The van der Waals surface area contributed by atoms with E-state index in [1.807, 2.05) is 31.2 Å². The van der Waals surface area contributed by atoms with Crippen LogP contribution in [0.25, 0.3) is 17.4 Å². The van der Waals surface area contributed by atoms with E-state index in [-0.39, 0.29) is 5.57 Å². The van der Waals surface area contributed by atoms with E-state index in [1.54, 1.807) is 42.5 Å². The Kier molecular flexibility index (Phi) is 6.15. The Morgan fingerprint density at radius 1 is 1.18 bits per heavy atom. The number of halogens is 1. The number of nitriles is 1. The maximum absolute atomic E-state index is 12.5. The summed E-state index contributed by atoms with van der Waals surface area (Å²) in [5, 5.41) is 12.7. The molecule has 3 rings (SSSR count). The zero-order valence-corrected chi connectivity index (χ0v) is 15.9. The van der Waals surface area contributed by atoms with Gasteiger partial charge in [-0.15, -0.1) is 0 Å². The monoisotopic (exact) mass is 392 g/mol. The number of furan rings is 1. The van der Waals surface area contributed by atoms with Gasteiger partial charge in [-0.05, 0) is 55.5 Å². The summed E-state index contributed by atoms with van der Waals surface area (Å²) in [7, 11) is 0. The zero-order valence-electron chi connectivity index (χ0n) is 15.1. The number of rotatable bonds is 6. The maximum Gasteiger partial charge on any atom is 0.266 e. The largest absolute Gasteiger partial charge is 0.492 e. The maximum atomic E-state index is 12.5. The smallest absolute Gasteiger partial charge is 0.266 e. The molecule has 140 valence electrons. The van der Waals surface area contributed by atoms with Gasteiger partial charge in [-0.25, -0.2) is 0 Å². The van der Waals surface area contributed by atoms with Gasteiger partial charge < -0.3 is 14.5 Å². The molecule has 1 heterocycles. The number of nitrogens with one attached hydrogen (secondary N) is 1. The second kappa shape index (κ2) is 8.94. The Hall–Kier alpha value is -3.49. The van der Waals surface area contributed by atoms with Crippen molar-refractivity contribution < 1.29 is 13.9 Å². The van der Waals surface area contributed by atoms with E-state index >= 15 is 0 Å². The molecule has 0 radical (unpaired) electrons. The van der Waals surface area contributed by atoms with Gasteiger partial charge in [0, 0.05) is 16.7 Å². The molecule has 0 aliphatic carbocycles. The predicted molar refractivity (Wildman–Crippen MR) is 109 cm³/mol. The third kappa shape index (κ3) is 4.61. The first-order valence-corrected chi connectivity index (χ1v) is 8.99. The molecular formula is C22H17ClN2O3. The molecule has 28 heavy (non-hydrogen) atoms. The van der Waals surface area contributed by atoms with Crippen LogP contribution >= 0.6 is 11.6 Å². The molecule has 3 aromatic rings. The minimum Gasteiger partial charge on any atom is -0.492 e. The van der Waals surface area contributed by atoms with Crippen molar-refractivity contribution in [2.75, 3.05) is 11.9 Å². The first-order chi connectivity index (χ1) is 13.6. The van der Waals surface area contributed by atoms with Crippen LogP contribution in [-0.4, -0.2) is 12.5 Å². The molecule has 1 N–H and O–H groups in total. The standard InChI is InChI=1S/C22H17ClN2O3/c1-2-27-21-6-4-3-5-19(21)25-22(26)16(14-24)13-18-11-12-20(28-18)15-7-9-17(23)10-8-15/h3-13H,2H2,1H3,(H,25,26). The molecular weight excluding hydrogens is 376 g/mol. The molecule has 0 unspecified atom stereocenters. The van der Waals surface area contributed by atoms with Gasteiger partial charge in [-0.1, -0.05) is 23.7 Å². The average Bonchev–Trinajstić information content (AvgIpc) is 3.17. The number of nitrogens with zero attached hydrogens (tertiary/aromatic N) is 1. The van der Waals surface area contributed by atoms with Gasteiger partial charge in [0.2, 0.25) is 0 Å². The van der Waals surface area contributed by atoms with Crippen LogP contribution in [0.1, 0.15) is 12.7 Å². The normalized spacial score (nSPS) is 11.0. The van der Waals surface area contributed by atoms with Crippen molar-refractivity contribution in [3.63, 3.8) is 0 Å². The minimum atomic E-state index is -0.543. The average molecular weight is 393 g/mol. The van der Waals surface area contributed by atoms with Gasteiger partial charge in [0.15, 0.2) is 0 Å². The zero-order chi connectivity index (χ0) is 19.9. The summed E-state index contributed by atoms with van der Waals surface area (Å²) in [6.45, 7) is 2.32. The van der Waals surface area contributed by atoms with Gasteiger partial charge in [-0.3, -0.25) is 4.79 Å². The molecule has 2 aromatic carbocycles. The summed E-state index contributed by atoms with van der Waals surface area (Å²) < 4.78 is 11.2. The number of hydrogen-bond donors (Lipinski definition) is 1. The van der Waals surface area contributed by atoms with E-state index in [0.717, 1.165) is 5.56 Å². The van der Waals surface area contributed by atoms with Crippen molar-refractivity contribution in [3.05, 3.63) is 77.0 Å². The quantitative estimate of drug-likeness (QED) is 0.441. The molecule has 5 nitrogen and oxygen atoms in total. The molecule has 0 atom stereocenters. The minimum absolute atomic E-state index is 0.0803. The van der Waals surface area contributed by atoms with Crippen LogP contribution in [0.4, 0.5) is 5.69 Å². The third-order valence-electron chi connectivity index (χ3n) is 3.84. The highest BCUT2D eigenvalue weighted by atomic mass is 35.5. The molecule has 0 saturated carbocycles. The number of amides is 1. The number of ether oxygens (including phenoxy) is 1. The van der Waals surface area contributed by atoms with Crippen molar-refractivity contribution in [3.8, 4) is 23.1 Å². The summed E-state index contributed by atoms with van der Waals surface area (Å²) in [6, 6.07) is 19.6. The summed E-state index contributed by atoms with van der Waals surface area (Å²) in [4.78, 5) is 12.5. The molecule has 0 bridgehead atoms. The Morgan fingerprint density at radius 2 is 1.93 bits per heavy atom. The summed E-state index contributed by atoms with van der Waals surface area (Å²) in [5.74, 6) is 1.01. The van der Waals surface area contributed by atoms with Gasteiger partial charge >= 0.3 is 0 Å². The number of para-hydroxylation sites is 2. The van der Waals surface area contributed by atoms with Gasteiger partial charge in [0.05, 0.1) is 12.3 Å². The second-order valence-corrected chi connectivity index (χ2v) is 6.20. The number of carbonyl (C=O) groups is 1. The molecule has 6 heteroatoms. The van der Waals surface area contributed by atoms with E-state index in [0.29, 0.717) is 34.6 Å². The Balaban J connectivity index is 1.80. The SMILES string of the molecule is CCOc1ccccc1NC(=O)C(C#N)=Cc1ccc(-c2ccc(Cl)cc2)o1. The number of carbonyl (C=O) groups excluding carboxylic acids is 1. The van der Waals surface area contributed by atoms with E-state index in [4.69, 9.17) is 20.8 Å². The van der Waals surface area contributed by atoms with Crippen LogP contribution < -0.4 is 10.1 Å². The molecule has 0 fully saturated rings. The Bertz CT molecular complexity index is 1050. The summed E-state index contributed by atoms with van der Waals surface area (Å²) in [5.41, 5.74) is 1.26. The summed E-state index contributed by atoms with van der Waals surface area (Å²) >= 11 is 5.89. The predicted octanol–water partition coefficient (Wildman–Crippen LogP) is 5.54. The number of anilines is 1. The number of hydrogen-bond acceptors (Lipinski definition) is 4. The molecule has 0 saturated heterocycles. The van der Waals surface area contributed by atoms with Gasteiger partial charge in [-0.2, -0.15) is 5.26 Å². The molecule has 0 aliphatic rings. The van der Waals surface area contributed by atoms with Crippen LogP contribution in [0.3, 0.4) is 0 Å². The summed E-state index contributed by atoms with van der Waals surface area (Å²) in [6.07, 6.45) is 1.40. The lowest BCUT2D eigenvalue weighted by atomic mass is 10.2. The van der Waals surface area contributed by atoms with Gasteiger partial charge in [0.1, 0.15) is 28.9 Å². The molecule has 0 aliphatic heterocycles. The van der Waals surface area contributed by atoms with Crippen LogP contribution in [0.15, 0.2) is 70.7 Å². The fourth-order valence-corrected chi connectivity index (χ4v) is 2.66. The van der Waals surface area contributed by atoms with Crippen LogP contribution in [0.5, 0.6) is 5.75 Å². The van der Waals surface area contributed by atoms with E-state index < -0.39 is 5.91 Å². The van der Waals surface area contributed by atoms with Crippen LogP contribution in [-0.2, 0) is 4.79 Å². The fourth-order valence-electron chi connectivity index (χ4n) is 2.53. The molecule has 1 amide bonds. The second-order valence-electron chi connectivity index (χ2n) is 5.76. The lowest BCUT2D eigenvalue weighted by Gasteiger charge is -2.10. The highest BCUT2D eigenvalue weighted by Gasteiger charge is 2.13. The van der Waals surface area contributed by atoms with Gasteiger partial charge in [0.25, 0.3) is 5.91 Å². The topological polar surface area (TPSA) is 75.3 Å². The third-order valence-corrected chi connectivity index (χ3v) is 4.09. The van der Waals surface area contributed by atoms with E-state index in [2.05, 4.69) is 5.32 Å². The van der Waals surface area contributed by atoms with E-state index in [1.165, 1.54) is 6.08 Å². The molecule has 1 aromatic heterocycles. The van der Waals surface area contributed by atoms with Crippen molar-refractivity contribution >= 4 is 29.3 Å². The van der Waals surface area contributed by atoms with Crippen LogP contribution in [0, 0.1) is 11.3 Å². The first kappa shape index (κ1) is 19.3. The van der Waals surface area contributed by atoms with Crippen LogP contribution in [0.2, 0.25) is 5.02 Å². The Labute approximate surface area is 167 Å². The highest BCUT2D eigenvalue weighted by molar-refractivity contribution is 6.30. The van der Waals surface area contributed by atoms with Crippen molar-refractivity contribution in [2.24, 2.45) is 0 Å². The van der Waals surface area contributed by atoms with Crippen molar-refractivity contribution in [1.82, 2.24) is 0 Å². The van der Waals surface area contributed by atoms with E-state index in [9.17, 15) is 10.1 Å². The highest BCUT2D eigenvalue weighted by Crippen LogP contribution is 2.26. The van der Waals surface area contributed by atoms with Crippen molar-refractivity contribution in [1.29, 1.82) is 5.26 Å². The van der Waals surface area contributed by atoms with Crippen molar-refractivity contribution in [2.45, 2.75) is 6.92 Å².